The molecular formula is C19H16FN3O4. The van der Waals surface area contributed by atoms with Crippen molar-refractivity contribution in [3.05, 3.63) is 66.3 Å². The number of benzene rings is 2. The van der Waals surface area contributed by atoms with Crippen molar-refractivity contribution < 1.29 is 23.1 Å². The molecular weight excluding hydrogens is 353 g/mol. The van der Waals surface area contributed by atoms with Crippen LogP contribution in [0.2, 0.25) is 0 Å². The van der Waals surface area contributed by atoms with Crippen molar-refractivity contribution in [3.8, 4) is 11.5 Å². The highest BCUT2D eigenvalue weighted by Gasteiger charge is 2.17. The Bertz CT molecular complexity index is 909. The van der Waals surface area contributed by atoms with Crippen LogP contribution in [0.25, 0.3) is 11.5 Å². The molecule has 0 spiro atoms. The molecule has 0 saturated carbocycles. The van der Waals surface area contributed by atoms with Gasteiger partial charge in [-0.1, -0.05) is 0 Å². The SMILES string of the molecule is CCN(C(=O)COC(=O)c1ccc(-c2nnco2)cc1)c1ccc(F)cc1. The van der Waals surface area contributed by atoms with Gasteiger partial charge in [-0.05, 0) is 55.5 Å². The molecule has 3 rings (SSSR count). The minimum Gasteiger partial charge on any atom is -0.452 e. The van der Waals surface area contributed by atoms with Crippen LogP contribution < -0.4 is 4.90 Å². The van der Waals surface area contributed by atoms with Gasteiger partial charge in [-0.2, -0.15) is 0 Å². The first-order valence-corrected chi connectivity index (χ1v) is 8.18. The first kappa shape index (κ1) is 18.2. The van der Waals surface area contributed by atoms with Crippen LogP contribution in [-0.4, -0.2) is 35.2 Å². The van der Waals surface area contributed by atoms with E-state index in [9.17, 15) is 14.0 Å². The largest absolute Gasteiger partial charge is 0.452 e. The van der Waals surface area contributed by atoms with Gasteiger partial charge in [0, 0.05) is 17.8 Å². The Morgan fingerprint density at radius 3 is 2.41 bits per heavy atom. The van der Waals surface area contributed by atoms with Gasteiger partial charge in [0.15, 0.2) is 6.61 Å². The van der Waals surface area contributed by atoms with Gasteiger partial charge < -0.3 is 14.1 Å². The lowest BCUT2D eigenvalue weighted by atomic mass is 10.1. The summed E-state index contributed by atoms with van der Waals surface area (Å²) in [6.07, 6.45) is 1.21. The fraction of sp³-hybridized carbons (Fsp3) is 0.158. The summed E-state index contributed by atoms with van der Waals surface area (Å²) in [6.45, 7) is 1.72. The molecule has 0 N–H and O–H groups in total. The summed E-state index contributed by atoms with van der Waals surface area (Å²) < 4.78 is 23.2. The quantitative estimate of drug-likeness (QED) is 0.621. The van der Waals surface area contributed by atoms with E-state index in [-0.39, 0.29) is 5.56 Å². The van der Waals surface area contributed by atoms with Crippen LogP contribution >= 0.6 is 0 Å². The van der Waals surface area contributed by atoms with Crippen molar-refractivity contribution in [2.45, 2.75) is 6.92 Å². The number of ether oxygens (including phenoxy) is 1. The van der Waals surface area contributed by atoms with E-state index in [1.54, 1.807) is 31.2 Å². The Morgan fingerprint density at radius 1 is 1.11 bits per heavy atom. The second kappa shape index (κ2) is 8.22. The molecule has 3 aromatic rings. The molecule has 0 bridgehead atoms. The minimum atomic E-state index is -0.629. The number of esters is 1. The third-order valence-corrected chi connectivity index (χ3v) is 3.81. The third kappa shape index (κ3) is 4.35. The van der Waals surface area contributed by atoms with Crippen LogP contribution in [0.1, 0.15) is 17.3 Å². The van der Waals surface area contributed by atoms with Crippen LogP contribution in [-0.2, 0) is 9.53 Å². The molecule has 0 fully saturated rings. The summed E-state index contributed by atoms with van der Waals surface area (Å²) in [6, 6.07) is 11.9. The van der Waals surface area contributed by atoms with E-state index in [1.807, 2.05) is 0 Å². The number of carbonyl (C=O) groups is 2. The van der Waals surface area contributed by atoms with Crippen molar-refractivity contribution in [3.63, 3.8) is 0 Å². The standard InChI is InChI=1S/C19H16FN3O4/c1-2-23(16-9-7-15(20)8-10-16)17(24)11-26-19(25)14-5-3-13(4-6-14)18-22-21-12-27-18/h3-10,12H,2,11H2,1H3. The highest BCUT2D eigenvalue weighted by molar-refractivity contribution is 5.97. The predicted molar refractivity (Wildman–Crippen MR) is 94.4 cm³/mol. The number of nitrogens with zero attached hydrogens (tertiary/aromatic N) is 3. The van der Waals surface area contributed by atoms with Gasteiger partial charge in [-0.25, -0.2) is 9.18 Å². The summed E-state index contributed by atoms with van der Waals surface area (Å²) in [7, 11) is 0. The fourth-order valence-electron chi connectivity index (χ4n) is 2.46. The molecule has 7 nitrogen and oxygen atoms in total. The molecule has 0 aliphatic heterocycles. The van der Waals surface area contributed by atoms with E-state index < -0.39 is 24.3 Å². The lowest BCUT2D eigenvalue weighted by Crippen LogP contribution is -2.34. The lowest BCUT2D eigenvalue weighted by Gasteiger charge is -2.20. The van der Waals surface area contributed by atoms with E-state index in [0.717, 1.165) is 0 Å². The Balaban J connectivity index is 1.60. The molecule has 0 saturated heterocycles. The van der Waals surface area contributed by atoms with E-state index in [0.29, 0.717) is 23.7 Å². The number of halogens is 1. The highest BCUT2D eigenvalue weighted by Crippen LogP contribution is 2.18. The normalized spacial score (nSPS) is 10.4. The molecule has 0 radical (unpaired) electrons. The maximum Gasteiger partial charge on any atom is 0.338 e. The Kier molecular flexibility index (Phi) is 5.55. The molecule has 0 aliphatic carbocycles. The number of hydrogen-bond acceptors (Lipinski definition) is 6. The van der Waals surface area contributed by atoms with Crippen molar-refractivity contribution >= 4 is 17.6 Å². The molecule has 1 aromatic heterocycles. The van der Waals surface area contributed by atoms with Gasteiger partial charge in [-0.3, -0.25) is 4.79 Å². The number of hydrogen-bond donors (Lipinski definition) is 0. The Hall–Kier alpha value is -3.55. The predicted octanol–water partition coefficient (Wildman–Crippen LogP) is 3.09. The number of likely N-dealkylation sites (N-methyl/N-ethyl adjacent to an activating group) is 1. The summed E-state index contributed by atoms with van der Waals surface area (Å²) in [4.78, 5) is 25.9. The van der Waals surface area contributed by atoms with Crippen molar-refractivity contribution in [2.75, 3.05) is 18.1 Å². The molecule has 27 heavy (non-hydrogen) atoms. The van der Waals surface area contributed by atoms with Crippen LogP contribution in [0.4, 0.5) is 10.1 Å². The monoisotopic (exact) mass is 369 g/mol. The lowest BCUT2D eigenvalue weighted by molar-refractivity contribution is -0.121. The zero-order valence-corrected chi connectivity index (χ0v) is 14.5. The number of aromatic nitrogens is 2. The van der Waals surface area contributed by atoms with Gasteiger partial charge in [0.2, 0.25) is 12.3 Å². The smallest absolute Gasteiger partial charge is 0.338 e. The van der Waals surface area contributed by atoms with Gasteiger partial charge in [0.05, 0.1) is 5.56 Å². The van der Waals surface area contributed by atoms with Gasteiger partial charge in [-0.15, -0.1) is 10.2 Å². The topological polar surface area (TPSA) is 85.5 Å². The molecule has 1 amide bonds. The summed E-state index contributed by atoms with van der Waals surface area (Å²) >= 11 is 0. The number of rotatable bonds is 6. The number of carbonyl (C=O) groups excluding carboxylic acids is 2. The van der Waals surface area contributed by atoms with Crippen LogP contribution in [0.15, 0.2) is 59.3 Å². The maximum atomic E-state index is 13.0. The maximum absolute atomic E-state index is 13.0. The summed E-state index contributed by atoms with van der Waals surface area (Å²) in [5.74, 6) is -1.09. The van der Waals surface area contributed by atoms with E-state index in [4.69, 9.17) is 9.15 Å². The molecule has 2 aromatic carbocycles. The molecule has 0 atom stereocenters. The molecule has 8 heteroatoms. The minimum absolute atomic E-state index is 0.288. The average molecular weight is 369 g/mol. The summed E-state index contributed by atoms with van der Waals surface area (Å²) in [5.41, 5.74) is 1.48. The fourth-order valence-corrected chi connectivity index (χ4v) is 2.46. The molecule has 0 unspecified atom stereocenters. The summed E-state index contributed by atoms with van der Waals surface area (Å²) in [5, 5.41) is 7.37. The average Bonchev–Trinajstić information content (AvgIpc) is 3.23. The van der Waals surface area contributed by atoms with Crippen LogP contribution in [0.3, 0.4) is 0 Å². The molecule has 1 heterocycles. The van der Waals surface area contributed by atoms with Crippen molar-refractivity contribution in [1.82, 2.24) is 10.2 Å². The van der Waals surface area contributed by atoms with Crippen LogP contribution in [0.5, 0.6) is 0 Å². The van der Waals surface area contributed by atoms with Gasteiger partial charge in [0.25, 0.3) is 5.91 Å². The highest BCUT2D eigenvalue weighted by atomic mass is 19.1. The van der Waals surface area contributed by atoms with Crippen LogP contribution in [0, 0.1) is 5.82 Å². The Morgan fingerprint density at radius 2 is 1.81 bits per heavy atom. The first-order chi connectivity index (χ1) is 13.1. The zero-order valence-electron chi connectivity index (χ0n) is 14.5. The van der Waals surface area contributed by atoms with Crippen molar-refractivity contribution in [2.24, 2.45) is 0 Å². The van der Waals surface area contributed by atoms with Gasteiger partial charge >= 0.3 is 5.97 Å². The van der Waals surface area contributed by atoms with Gasteiger partial charge in [0.1, 0.15) is 5.82 Å². The molecule has 0 aliphatic rings. The molecule has 138 valence electrons. The second-order valence-corrected chi connectivity index (χ2v) is 5.51. The van der Waals surface area contributed by atoms with Crippen molar-refractivity contribution in [1.29, 1.82) is 0 Å². The second-order valence-electron chi connectivity index (χ2n) is 5.51. The van der Waals surface area contributed by atoms with E-state index in [2.05, 4.69) is 10.2 Å². The number of anilines is 1. The zero-order chi connectivity index (χ0) is 19.2. The number of amides is 1. The Labute approximate surface area is 154 Å². The first-order valence-electron chi connectivity index (χ1n) is 8.18. The third-order valence-electron chi connectivity index (χ3n) is 3.81. The van der Waals surface area contributed by atoms with E-state index in [1.165, 1.54) is 35.6 Å². The van der Waals surface area contributed by atoms with E-state index >= 15 is 0 Å².